The molecule has 0 aliphatic carbocycles. The van der Waals surface area contributed by atoms with E-state index in [2.05, 4.69) is 0 Å². The van der Waals surface area contributed by atoms with Gasteiger partial charge in [-0.15, -0.1) is 0 Å². The molecule has 0 fully saturated rings. The first-order valence-electron chi connectivity index (χ1n) is 4.04. The van der Waals surface area contributed by atoms with Crippen molar-refractivity contribution in [3.05, 3.63) is 35.0 Å². The van der Waals surface area contributed by atoms with Crippen LogP contribution in [0.5, 0.6) is 0 Å². The third-order valence-electron chi connectivity index (χ3n) is 1.90. The van der Waals surface area contributed by atoms with Crippen molar-refractivity contribution in [2.24, 2.45) is 0 Å². The summed E-state index contributed by atoms with van der Waals surface area (Å²) >= 11 is 5.71. The number of halogens is 1. The van der Waals surface area contributed by atoms with E-state index in [4.69, 9.17) is 21.1 Å². The second-order valence-electron chi connectivity index (χ2n) is 2.93. The minimum absolute atomic E-state index is 0.195. The van der Waals surface area contributed by atoms with Crippen LogP contribution in [0.3, 0.4) is 0 Å². The lowest BCUT2D eigenvalue weighted by Gasteiger charge is -1.88. The van der Waals surface area contributed by atoms with E-state index in [1.807, 2.05) is 0 Å². The van der Waals surface area contributed by atoms with Gasteiger partial charge in [-0.3, -0.25) is 4.79 Å². The quantitative estimate of drug-likeness (QED) is 0.628. The first kappa shape index (κ1) is 9.73. The normalized spacial score (nSPS) is 10.5. The van der Waals surface area contributed by atoms with Crippen molar-refractivity contribution in [1.82, 2.24) is 0 Å². The molecule has 2 aromatic rings. The van der Waals surface area contributed by atoms with Crippen LogP contribution in [0.4, 0.5) is 0 Å². The van der Waals surface area contributed by atoms with Crippen molar-refractivity contribution >= 4 is 34.3 Å². The predicted molar refractivity (Wildman–Crippen MR) is 53.2 cm³/mol. The van der Waals surface area contributed by atoms with E-state index in [1.54, 1.807) is 12.1 Å². The lowest BCUT2D eigenvalue weighted by Crippen LogP contribution is -2.11. The smallest absolute Gasteiger partial charge is 0.380 e. The summed E-state index contributed by atoms with van der Waals surface area (Å²) < 4.78 is 5.06. The molecule has 0 bridgehead atoms. The summed E-state index contributed by atoms with van der Waals surface area (Å²) in [6.45, 7) is 0. The van der Waals surface area contributed by atoms with Crippen molar-refractivity contribution in [3.63, 3.8) is 0 Å². The number of carbonyl (C=O) groups is 2. The molecule has 2 rings (SSSR count). The topological polar surface area (TPSA) is 67.5 Å². The summed E-state index contributed by atoms with van der Waals surface area (Å²) in [5, 5.41) is 9.59. The van der Waals surface area contributed by atoms with Gasteiger partial charge in [0.05, 0.1) is 0 Å². The first-order valence-corrected chi connectivity index (χ1v) is 4.42. The Morgan fingerprint density at radius 2 is 2.00 bits per heavy atom. The number of benzene rings is 1. The molecule has 0 saturated heterocycles. The van der Waals surface area contributed by atoms with E-state index >= 15 is 0 Å². The number of fused-ring (bicyclic) bond motifs is 1. The maximum atomic E-state index is 11.1. The van der Waals surface area contributed by atoms with Crippen LogP contribution in [0, 0.1) is 0 Å². The fraction of sp³-hybridized carbons (Fsp3) is 0. The largest absolute Gasteiger partial charge is 0.475 e. The zero-order valence-corrected chi connectivity index (χ0v) is 8.12. The Morgan fingerprint density at radius 3 is 2.67 bits per heavy atom. The number of ketones is 1. The van der Waals surface area contributed by atoms with Gasteiger partial charge in [0.1, 0.15) is 5.58 Å². The fourth-order valence-electron chi connectivity index (χ4n) is 1.22. The molecule has 0 aliphatic rings. The number of carboxylic acids is 1. The van der Waals surface area contributed by atoms with E-state index in [1.165, 1.54) is 12.1 Å². The maximum absolute atomic E-state index is 11.1. The third-order valence-corrected chi connectivity index (χ3v) is 2.14. The van der Waals surface area contributed by atoms with Gasteiger partial charge in [0.15, 0.2) is 5.76 Å². The molecule has 0 atom stereocenters. The van der Waals surface area contributed by atoms with Crippen LogP contribution in [0.2, 0.25) is 5.02 Å². The molecule has 15 heavy (non-hydrogen) atoms. The molecule has 76 valence electrons. The molecule has 0 aliphatic heterocycles. The number of hydrogen-bond acceptors (Lipinski definition) is 3. The third kappa shape index (κ3) is 1.71. The van der Waals surface area contributed by atoms with Gasteiger partial charge in [-0.1, -0.05) is 11.6 Å². The number of aliphatic carboxylic acids is 1. The average molecular weight is 225 g/mol. The molecule has 4 nitrogen and oxygen atoms in total. The van der Waals surface area contributed by atoms with Crippen LogP contribution in [0.1, 0.15) is 10.6 Å². The molecular weight excluding hydrogens is 220 g/mol. The summed E-state index contributed by atoms with van der Waals surface area (Å²) in [7, 11) is 0. The minimum atomic E-state index is -1.54. The van der Waals surface area contributed by atoms with Gasteiger partial charge in [-0.05, 0) is 18.2 Å². The molecule has 1 aromatic carbocycles. The van der Waals surface area contributed by atoms with E-state index in [0.29, 0.717) is 16.0 Å². The second-order valence-corrected chi connectivity index (χ2v) is 3.36. The van der Waals surface area contributed by atoms with Crippen LogP contribution in [-0.4, -0.2) is 16.9 Å². The van der Waals surface area contributed by atoms with Crippen molar-refractivity contribution in [2.45, 2.75) is 0 Å². The Bertz CT molecular complexity index is 556. The van der Waals surface area contributed by atoms with Crippen LogP contribution < -0.4 is 0 Å². The van der Waals surface area contributed by atoms with E-state index in [9.17, 15) is 9.59 Å². The number of furan rings is 1. The lowest BCUT2D eigenvalue weighted by atomic mass is 10.2. The molecule has 1 heterocycles. The van der Waals surface area contributed by atoms with Crippen molar-refractivity contribution < 1.29 is 19.1 Å². The summed E-state index contributed by atoms with van der Waals surface area (Å²) in [4.78, 5) is 21.5. The highest BCUT2D eigenvalue weighted by molar-refractivity contribution is 6.39. The van der Waals surface area contributed by atoms with Gasteiger partial charge in [0.2, 0.25) is 0 Å². The van der Waals surface area contributed by atoms with Crippen molar-refractivity contribution in [3.8, 4) is 0 Å². The molecule has 1 N–H and O–H groups in total. The van der Waals surface area contributed by atoms with Gasteiger partial charge in [-0.25, -0.2) is 4.79 Å². The highest BCUT2D eigenvalue weighted by Gasteiger charge is 2.19. The number of rotatable bonds is 2. The zero-order chi connectivity index (χ0) is 11.0. The Hall–Kier alpha value is -1.81. The SMILES string of the molecule is O=C(O)C(=O)c1cc2ccc(Cl)cc2o1. The fourth-order valence-corrected chi connectivity index (χ4v) is 1.38. The zero-order valence-electron chi connectivity index (χ0n) is 7.36. The summed E-state index contributed by atoms with van der Waals surface area (Å²) in [6.07, 6.45) is 0. The summed E-state index contributed by atoms with van der Waals surface area (Å²) in [6, 6.07) is 6.19. The Balaban J connectivity index is 2.56. The molecule has 0 saturated carbocycles. The Labute approximate surface area is 89.1 Å². The average Bonchev–Trinajstić information content (AvgIpc) is 2.58. The second kappa shape index (κ2) is 3.40. The molecule has 5 heteroatoms. The summed E-state index contributed by atoms with van der Waals surface area (Å²) in [5.41, 5.74) is 0.395. The van der Waals surface area contributed by atoms with E-state index < -0.39 is 11.8 Å². The molecular formula is C10H5ClO4. The lowest BCUT2D eigenvalue weighted by molar-refractivity contribution is -0.131. The Morgan fingerprint density at radius 1 is 1.27 bits per heavy atom. The highest BCUT2D eigenvalue weighted by atomic mass is 35.5. The molecule has 1 aromatic heterocycles. The molecule has 0 spiro atoms. The van der Waals surface area contributed by atoms with Crippen LogP contribution in [0.25, 0.3) is 11.0 Å². The first-order chi connectivity index (χ1) is 7.08. The summed E-state index contributed by atoms with van der Waals surface area (Å²) in [5.74, 6) is -2.80. The number of carboxylic acid groups (broad SMARTS) is 1. The van der Waals surface area contributed by atoms with Crippen LogP contribution in [-0.2, 0) is 4.79 Å². The predicted octanol–water partition coefficient (Wildman–Crippen LogP) is 2.35. The monoisotopic (exact) mass is 224 g/mol. The number of carbonyl (C=O) groups excluding carboxylic acids is 1. The minimum Gasteiger partial charge on any atom is -0.475 e. The molecule has 0 amide bonds. The number of hydrogen-bond donors (Lipinski definition) is 1. The number of Topliss-reactive ketones (excluding diaryl/α,β-unsaturated/α-hetero) is 1. The van der Waals surface area contributed by atoms with Crippen molar-refractivity contribution in [2.75, 3.05) is 0 Å². The van der Waals surface area contributed by atoms with E-state index in [0.717, 1.165) is 0 Å². The molecule has 0 unspecified atom stereocenters. The maximum Gasteiger partial charge on any atom is 0.380 e. The van der Waals surface area contributed by atoms with Gasteiger partial charge in [-0.2, -0.15) is 0 Å². The van der Waals surface area contributed by atoms with Gasteiger partial charge < -0.3 is 9.52 Å². The van der Waals surface area contributed by atoms with Gasteiger partial charge in [0.25, 0.3) is 0 Å². The van der Waals surface area contributed by atoms with Crippen molar-refractivity contribution in [1.29, 1.82) is 0 Å². The van der Waals surface area contributed by atoms with Crippen LogP contribution in [0.15, 0.2) is 28.7 Å². The Kier molecular flexibility index (Phi) is 2.21. The standard InChI is InChI=1S/C10H5ClO4/c11-6-2-1-5-3-8(9(12)10(13)14)15-7(5)4-6/h1-4H,(H,13,14). The van der Waals surface area contributed by atoms with Gasteiger partial charge >= 0.3 is 11.8 Å². The van der Waals surface area contributed by atoms with Crippen LogP contribution >= 0.6 is 11.6 Å². The van der Waals surface area contributed by atoms with E-state index in [-0.39, 0.29) is 5.76 Å². The molecule has 0 radical (unpaired) electrons. The highest BCUT2D eigenvalue weighted by Crippen LogP contribution is 2.23. The van der Waals surface area contributed by atoms with Gasteiger partial charge in [0, 0.05) is 16.5 Å².